The van der Waals surface area contributed by atoms with Crippen molar-refractivity contribution in [3.63, 3.8) is 0 Å². The van der Waals surface area contributed by atoms with Crippen molar-refractivity contribution in [2.45, 2.75) is 25.7 Å². The van der Waals surface area contributed by atoms with Crippen LogP contribution in [0, 0.1) is 10.8 Å². The van der Waals surface area contributed by atoms with Crippen LogP contribution in [0.25, 0.3) is 0 Å². The van der Waals surface area contributed by atoms with Gasteiger partial charge in [-0.1, -0.05) is 54.1 Å². The smallest absolute Gasteiger partial charge is 0.384 e. The molecular formula is C13H18LiNOS. The van der Waals surface area contributed by atoms with Crippen LogP contribution < -0.4 is 18.9 Å². The van der Waals surface area contributed by atoms with Gasteiger partial charge in [-0.25, -0.2) is 0 Å². The van der Waals surface area contributed by atoms with E-state index in [9.17, 15) is 4.21 Å². The summed E-state index contributed by atoms with van der Waals surface area (Å²) in [6, 6.07) is 9.25. The second-order valence-corrected chi connectivity index (χ2v) is 6.77. The molecule has 0 radical (unpaired) electrons. The summed E-state index contributed by atoms with van der Waals surface area (Å²) in [5.41, 5.74) is -0.0396. The van der Waals surface area contributed by atoms with Gasteiger partial charge in [0.25, 0.3) is 0 Å². The van der Waals surface area contributed by atoms with Gasteiger partial charge < -0.3 is 5.41 Å². The summed E-state index contributed by atoms with van der Waals surface area (Å²) in [4.78, 5) is 0.706. The molecule has 0 fully saturated rings. The van der Waals surface area contributed by atoms with Crippen LogP contribution in [0.2, 0.25) is 0 Å². The molecule has 1 rings (SSSR count). The van der Waals surface area contributed by atoms with Crippen LogP contribution in [0.15, 0.2) is 45.7 Å². The SMILES string of the molecule is CN=S(=O)([C-]=CC(C)(C)C)c1ccccc1.[Li+]. The Morgan fingerprint density at radius 1 is 1.24 bits per heavy atom. The molecule has 0 spiro atoms. The van der Waals surface area contributed by atoms with Crippen molar-refractivity contribution in [2.24, 2.45) is 9.78 Å². The molecule has 4 heteroatoms. The Kier molecular flexibility index (Phi) is 6.26. The van der Waals surface area contributed by atoms with Crippen LogP contribution in [0.5, 0.6) is 0 Å². The third-order valence-electron chi connectivity index (χ3n) is 1.97. The molecule has 1 aromatic carbocycles. The maximum atomic E-state index is 12.5. The summed E-state index contributed by atoms with van der Waals surface area (Å²) in [6.45, 7) is 6.13. The van der Waals surface area contributed by atoms with Gasteiger partial charge in [0, 0.05) is 11.9 Å². The topological polar surface area (TPSA) is 29.4 Å². The van der Waals surface area contributed by atoms with Crippen molar-refractivity contribution in [2.75, 3.05) is 7.05 Å². The second kappa shape index (κ2) is 6.44. The van der Waals surface area contributed by atoms with E-state index < -0.39 is 9.73 Å². The fraction of sp³-hybridized carbons (Fsp3) is 0.385. The minimum atomic E-state index is -2.52. The van der Waals surface area contributed by atoms with Gasteiger partial charge in [0.05, 0.1) is 0 Å². The average Bonchev–Trinajstić information content (AvgIpc) is 2.26. The Bertz CT molecular complexity index is 480. The molecule has 0 heterocycles. The van der Waals surface area contributed by atoms with Crippen molar-refractivity contribution in [3.8, 4) is 0 Å². The summed E-state index contributed by atoms with van der Waals surface area (Å²) in [5.74, 6) is 0. The van der Waals surface area contributed by atoms with E-state index >= 15 is 0 Å². The first-order chi connectivity index (χ1) is 7.37. The van der Waals surface area contributed by atoms with Crippen LogP contribution in [-0.2, 0) is 9.73 Å². The Balaban J connectivity index is 0.00000256. The zero-order valence-electron chi connectivity index (χ0n) is 11.2. The quantitative estimate of drug-likeness (QED) is 0.550. The van der Waals surface area contributed by atoms with E-state index in [-0.39, 0.29) is 24.3 Å². The van der Waals surface area contributed by atoms with Crippen LogP contribution in [-0.4, -0.2) is 11.3 Å². The fourth-order valence-corrected chi connectivity index (χ4v) is 2.58. The fourth-order valence-electron chi connectivity index (χ4n) is 1.09. The Hall–Kier alpha value is -0.493. The maximum Gasteiger partial charge on any atom is 1.00 e. The monoisotopic (exact) mass is 243 g/mol. The third-order valence-corrected chi connectivity index (χ3v) is 3.83. The Labute approximate surface area is 117 Å². The molecule has 0 aliphatic carbocycles. The average molecular weight is 243 g/mol. The van der Waals surface area contributed by atoms with Gasteiger partial charge >= 0.3 is 18.9 Å². The molecule has 0 N–H and O–H groups in total. The van der Waals surface area contributed by atoms with Gasteiger partial charge in [0.1, 0.15) is 0 Å². The zero-order valence-corrected chi connectivity index (χ0v) is 12.0. The van der Waals surface area contributed by atoms with E-state index in [1.807, 2.05) is 57.2 Å². The summed E-state index contributed by atoms with van der Waals surface area (Å²) < 4.78 is 16.5. The molecule has 0 saturated heterocycles. The molecule has 0 aliphatic heterocycles. The van der Waals surface area contributed by atoms with Crippen molar-refractivity contribution >= 4 is 9.73 Å². The first kappa shape index (κ1) is 16.5. The van der Waals surface area contributed by atoms with E-state index in [0.29, 0.717) is 4.90 Å². The number of hydrogen-bond donors (Lipinski definition) is 0. The van der Waals surface area contributed by atoms with E-state index in [2.05, 4.69) is 9.77 Å². The van der Waals surface area contributed by atoms with Crippen LogP contribution in [0.3, 0.4) is 0 Å². The molecular weight excluding hydrogens is 225 g/mol. The third kappa shape index (κ3) is 5.12. The van der Waals surface area contributed by atoms with Crippen molar-refractivity contribution < 1.29 is 23.1 Å². The number of hydrogen-bond acceptors (Lipinski definition) is 2. The van der Waals surface area contributed by atoms with Gasteiger partial charge in [-0.3, -0.25) is 14.6 Å². The number of rotatable bonds is 2. The van der Waals surface area contributed by atoms with Gasteiger partial charge in [-0.15, -0.1) is 0 Å². The van der Waals surface area contributed by atoms with Crippen LogP contribution in [0.4, 0.5) is 0 Å². The van der Waals surface area contributed by atoms with Gasteiger partial charge in [-0.2, -0.15) is 0 Å². The predicted octanol–water partition coefficient (Wildman–Crippen LogP) is 0.510. The largest absolute Gasteiger partial charge is 1.00 e. The molecule has 0 saturated carbocycles. The van der Waals surface area contributed by atoms with E-state index in [0.717, 1.165) is 0 Å². The summed E-state index contributed by atoms with van der Waals surface area (Å²) in [6.07, 6.45) is 1.83. The van der Waals surface area contributed by atoms with Crippen molar-refractivity contribution in [1.29, 1.82) is 0 Å². The number of allylic oxidation sites excluding steroid dienone is 1. The van der Waals surface area contributed by atoms with E-state index in [1.54, 1.807) is 7.05 Å². The number of nitrogens with zero attached hydrogens (tertiary/aromatic N) is 1. The summed E-state index contributed by atoms with van der Waals surface area (Å²) in [7, 11) is -0.951. The van der Waals surface area contributed by atoms with E-state index in [4.69, 9.17) is 0 Å². The second-order valence-electron chi connectivity index (χ2n) is 4.65. The molecule has 0 aliphatic rings. The number of benzene rings is 1. The van der Waals surface area contributed by atoms with Crippen LogP contribution in [0.1, 0.15) is 20.8 Å². The van der Waals surface area contributed by atoms with Crippen LogP contribution >= 0.6 is 0 Å². The minimum Gasteiger partial charge on any atom is -0.384 e. The molecule has 1 unspecified atom stereocenters. The standard InChI is InChI=1S/C13H18NOS.Li/c1-13(2,3)10-11-16(15,14-4)12-8-6-5-7-9-12;/h5-10H,1-4H3;/q-1;+1. The molecule has 2 nitrogen and oxygen atoms in total. The van der Waals surface area contributed by atoms with Crippen molar-refractivity contribution in [1.82, 2.24) is 0 Å². The first-order valence-electron chi connectivity index (χ1n) is 5.19. The molecule has 1 aromatic rings. The van der Waals surface area contributed by atoms with Gasteiger partial charge in [0.15, 0.2) is 0 Å². The Morgan fingerprint density at radius 3 is 2.18 bits per heavy atom. The van der Waals surface area contributed by atoms with Crippen molar-refractivity contribution in [3.05, 3.63) is 41.8 Å². The molecule has 1 atom stereocenters. The predicted molar refractivity (Wildman–Crippen MR) is 68.5 cm³/mol. The normalized spacial score (nSPS) is 15.1. The van der Waals surface area contributed by atoms with Gasteiger partial charge in [-0.05, 0) is 12.1 Å². The summed E-state index contributed by atoms with van der Waals surface area (Å²) in [5, 5.41) is 2.94. The molecule has 0 amide bonds. The zero-order chi connectivity index (χ0) is 12.2. The minimum absolute atomic E-state index is 0. The van der Waals surface area contributed by atoms with Gasteiger partial charge in [0.2, 0.25) is 0 Å². The molecule has 17 heavy (non-hydrogen) atoms. The Morgan fingerprint density at radius 2 is 1.76 bits per heavy atom. The maximum absolute atomic E-state index is 12.5. The molecule has 0 aromatic heterocycles. The molecule has 0 bridgehead atoms. The first-order valence-corrected chi connectivity index (χ1v) is 6.71. The van der Waals surface area contributed by atoms with E-state index in [1.165, 1.54) is 0 Å². The molecule has 88 valence electrons. The summed E-state index contributed by atoms with van der Waals surface area (Å²) >= 11 is 0.